The Bertz CT molecular complexity index is 498. The summed E-state index contributed by atoms with van der Waals surface area (Å²) >= 11 is 0. The second-order valence-electron chi connectivity index (χ2n) is 5.75. The fraction of sp³-hybridized carbons (Fsp3) is 0.600. The maximum absolute atomic E-state index is 10.8. The van der Waals surface area contributed by atoms with Crippen LogP contribution < -0.4 is 11.1 Å². The lowest BCUT2D eigenvalue weighted by atomic mass is 9.83. The van der Waals surface area contributed by atoms with Crippen LogP contribution in [0.5, 0.6) is 0 Å². The number of benzene rings is 1. The Morgan fingerprint density at radius 2 is 2.15 bits per heavy atom. The number of nitrogens with zero attached hydrogens (tertiary/aromatic N) is 1. The van der Waals surface area contributed by atoms with E-state index in [1.54, 1.807) is 12.1 Å². The summed E-state index contributed by atoms with van der Waals surface area (Å²) in [6, 6.07) is 5.40. The van der Waals surface area contributed by atoms with Gasteiger partial charge in [-0.3, -0.25) is 10.1 Å². The van der Waals surface area contributed by atoms with Crippen LogP contribution in [0.2, 0.25) is 0 Å². The molecule has 0 radical (unpaired) electrons. The normalized spacial score (nSPS) is 18.2. The van der Waals surface area contributed by atoms with Gasteiger partial charge in [0.15, 0.2) is 0 Å². The first kappa shape index (κ1) is 14.8. The van der Waals surface area contributed by atoms with Gasteiger partial charge in [-0.2, -0.15) is 0 Å². The summed E-state index contributed by atoms with van der Waals surface area (Å²) in [4.78, 5) is 10.4. The van der Waals surface area contributed by atoms with Crippen molar-refractivity contribution in [1.29, 1.82) is 0 Å². The van der Waals surface area contributed by atoms with E-state index in [1.807, 2.05) is 6.07 Å². The smallest absolute Gasteiger partial charge is 0.269 e. The zero-order valence-corrected chi connectivity index (χ0v) is 12.2. The van der Waals surface area contributed by atoms with E-state index in [2.05, 4.69) is 19.2 Å². The molecule has 3 N–H and O–H groups in total. The Kier molecular flexibility index (Phi) is 4.28. The average Bonchev–Trinajstić information content (AvgIpc) is 2.46. The Hall–Kier alpha value is -1.62. The Labute approximate surface area is 119 Å². The number of anilines is 1. The number of nitrogens with two attached hydrogens (primary N) is 1. The van der Waals surface area contributed by atoms with Crippen molar-refractivity contribution in [2.24, 2.45) is 5.73 Å². The second kappa shape index (κ2) is 5.79. The van der Waals surface area contributed by atoms with Crippen molar-refractivity contribution in [2.45, 2.75) is 57.5 Å². The Morgan fingerprint density at radius 1 is 1.45 bits per heavy atom. The van der Waals surface area contributed by atoms with Crippen molar-refractivity contribution in [3.8, 4) is 0 Å². The minimum atomic E-state index is -0.342. The van der Waals surface area contributed by atoms with Gasteiger partial charge >= 0.3 is 0 Å². The standard InChI is InChI=1S/C15H23N3O2/c1-3-15(16,4-2)10-12-6-5-11-9-13(18(19)20)7-8-14(11)17-12/h7-9,12,17H,3-6,10,16H2,1-2H3. The van der Waals surface area contributed by atoms with E-state index in [9.17, 15) is 10.1 Å². The van der Waals surface area contributed by atoms with E-state index in [1.165, 1.54) is 0 Å². The molecule has 0 spiro atoms. The van der Waals surface area contributed by atoms with Crippen LogP contribution in [0.3, 0.4) is 0 Å². The molecule has 1 aliphatic heterocycles. The van der Waals surface area contributed by atoms with Gasteiger partial charge in [-0.25, -0.2) is 0 Å². The van der Waals surface area contributed by atoms with Gasteiger partial charge in [0.25, 0.3) is 5.69 Å². The third kappa shape index (κ3) is 3.10. The molecule has 0 aromatic heterocycles. The van der Waals surface area contributed by atoms with Crippen LogP contribution in [0.1, 0.15) is 45.1 Å². The molecule has 1 aromatic rings. The number of aryl methyl sites for hydroxylation is 1. The van der Waals surface area contributed by atoms with Crippen LogP contribution in [-0.4, -0.2) is 16.5 Å². The van der Waals surface area contributed by atoms with Gasteiger partial charge in [-0.05, 0) is 43.7 Å². The van der Waals surface area contributed by atoms with E-state index in [-0.39, 0.29) is 16.1 Å². The molecular weight excluding hydrogens is 254 g/mol. The molecule has 2 rings (SSSR count). The van der Waals surface area contributed by atoms with Gasteiger partial charge < -0.3 is 11.1 Å². The molecule has 20 heavy (non-hydrogen) atoms. The number of hydrogen-bond acceptors (Lipinski definition) is 4. The fourth-order valence-electron chi connectivity index (χ4n) is 2.85. The van der Waals surface area contributed by atoms with Crippen LogP contribution in [0, 0.1) is 10.1 Å². The minimum absolute atomic E-state index is 0.115. The molecule has 0 bridgehead atoms. The summed E-state index contributed by atoms with van der Waals surface area (Å²) in [5.41, 5.74) is 8.48. The molecule has 0 saturated carbocycles. The topological polar surface area (TPSA) is 81.2 Å². The third-order valence-corrected chi connectivity index (χ3v) is 4.48. The zero-order valence-electron chi connectivity index (χ0n) is 12.2. The average molecular weight is 277 g/mol. The molecule has 5 heteroatoms. The number of hydrogen-bond donors (Lipinski definition) is 2. The van der Waals surface area contributed by atoms with Crippen molar-refractivity contribution in [3.63, 3.8) is 0 Å². The summed E-state index contributed by atoms with van der Waals surface area (Å²) < 4.78 is 0. The molecule has 1 heterocycles. The minimum Gasteiger partial charge on any atom is -0.382 e. The number of nitrogens with one attached hydrogen (secondary N) is 1. The molecule has 1 aromatic carbocycles. The Balaban J connectivity index is 2.10. The highest BCUT2D eigenvalue weighted by molar-refractivity contribution is 5.58. The highest BCUT2D eigenvalue weighted by atomic mass is 16.6. The first-order valence-electron chi connectivity index (χ1n) is 7.30. The summed E-state index contributed by atoms with van der Waals surface area (Å²) in [6.45, 7) is 4.26. The van der Waals surface area contributed by atoms with Crippen LogP contribution in [0.4, 0.5) is 11.4 Å². The SMILES string of the molecule is CCC(N)(CC)CC1CCc2cc([N+](=O)[O-])ccc2N1. The number of rotatable bonds is 5. The molecule has 0 amide bonds. The van der Waals surface area contributed by atoms with Gasteiger partial charge in [-0.15, -0.1) is 0 Å². The lowest BCUT2D eigenvalue weighted by Crippen LogP contribution is -2.44. The first-order chi connectivity index (χ1) is 9.47. The van der Waals surface area contributed by atoms with Crippen LogP contribution in [-0.2, 0) is 6.42 Å². The monoisotopic (exact) mass is 277 g/mol. The largest absolute Gasteiger partial charge is 0.382 e. The van der Waals surface area contributed by atoms with Crippen molar-refractivity contribution in [1.82, 2.24) is 0 Å². The molecule has 1 unspecified atom stereocenters. The molecule has 1 atom stereocenters. The maximum Gasteiger partial charge on any atom is 0.269 e. The van der Waals surface area contributed by atoms with Gasteiger partial charge in [0.1, 0.15) is 0 Å². The highest BCUT2D eigenvalue weighted by Gasteiger charge is 2.28. The van der Waals surface area contributed by atoms with E-state index in [0.717, 1.165) is 43.4 Å². The summed E-state index contributed by atoms with van der Waals surface area (Å²) in [5, 5.41) is 14.3. The molecule has 1 aliphatic rings. The predicted octanol–water partition coefficient (Wildman–Crippen LogP) is 3.23. The van der Waals surface area contributed by atoms with Crippen LogP contribution in [0.25, 0.3) is 0 Å². The number of nitro groups is 1. The third-order valence-electron chi connectivity index (χ3n) is 4.48. The summed E-state index contributed by atoms with van der Waals surface area (Å²) in [5.74, 6) is 0. The predicted molar refractivity (Wildman–Crippen MR) is 80.9 cm³/mol. The van der Waals surface area contributed by atoms with E-state index in [0.29, 0.717) is 6.04 Å². The molecule has 0 saturated heterocycles. The highest BCUT2D eigenvalue weighted by Crippen LogP contribution is 2.31. The van der Waals surface area contributed by atoms with Crippen LogP contribution in [0.15, 0.2) is 18.2 Å². The molecule has 0 aliphatic carbocycles. The van der Waals surface area contributed by atoms with Gasteiger partial charge in [0.2, 0.25) is 0 Å². The molecule has 5 nitrogen and oxygen atoms in total. The van der Waals surface area contributed by atoms with E-state index < -0.39 is 0 Å². The Morgan fingerprint density at radius 3 is 2.75 bits per heavy atom. The number of non-ortho nitro benzene ring substituents is 1. The number of nitro benzene ring substituents is 1. The van der Waals surface area contributed by atoms with Crippen molar-refractivity contribution in [2.75, 3.05) is 5.32 Å². The summed E-state index contributed by atoms with van der Waals surface area (Å²) in [7, 11) is 0. The summed E-state index contributed by atoms with van der Waals surface area (Å²) in [6.07, 6.45) is 4.73. The van der Waals surface area contributed by atoms with Gasteiger partial charge in [-0.1, -0.05) is 13.8 Å². The molecule has 110 valence electrons. The van der Waals surface area contributed by atoms with Crippen LogP contribution >= 0.6 is 0 Å². The molecule has 0 fully saturated rings. The lowest BCUT2D eigenvalue weighted by Gasteiger charge is -2.35. The van der Waals surface area contributed by atoms with Gasteiger partial charge in [0.05, 0.1) is 4.92 Å². The second-order valence-corrected chi connectivity index (χ2v) is 5.75. The zero-order chi connectivity index (χ0) is 14.8. The van der Waals surface area contributed by atoms with E-state index >= 15 is 0 Å². The van der Waals surface area contributed by atoms with E-state index in [4.69, 9.17) is 5.73 Å². The fourth-order valence-corrected chi connectivity index (χ4v) is 2.85. The van der Waals surface area contributed by atoms with Crippen molar-refractivity contribution < 1.29 is 4.92 Å². The van der Waals surface area contributed by atoms with Gasteiger partial charge in [0, 0.05) is 29.4 Å². The quantitative estimate of drug-likeness (QED) is 0.639. The maximum atomic E-state index is 10.8. The van der Waals surface area contributed by atoms with Crippen molar-refractivity contribution >= 4 is 11.4 Å². The first-order valence-corrected chi connectivity index (χ1v) is 7.30. The molecular formula is C15H23N3O2. The number of fused-ring (bicyclic) bond motifs is 1. The lowest BCUT2D eigenvalue weighted by molar-refractivity contribution is -0.384. The van der Waals surface area contributed by atoms with Crippen molar-refractivity contribution in [3.05, 3.63) is 33.9 Å².